The van der Waals surface area contributed by atoms with Crippen molar-refractivity contribution in [2.45, 2.75) is 37.0 Å². The van der Waals surface area contributed by atoms with E-state index >= 15 is 0 Å². The predicted molar refractivity (Wildman–Crippen MR) is 84.4 cm³/mol. The van der Waals surface area contributed by atoms with Crippen LogP contribution in [0.5, 0.6) is 5.75 Å². The third-order valence-corrected chi connectivity index (χ3v) is 5.76. The number of hydrogen-bond acceptors (Lipinski definition) is 6. The van der Waals surface area contributed by atoms with Gasteiger partial charge < -0.3 is 4.18 Å². The summed E-state index contributed by atoms with van der Waals surface area (Å²) in [5, 5.41) is 4.83. The maximum Gasteiger partial charge on any atom is 0.380 e. The lowest BCUT2D eigenvalue weighted by Gasteiger charge is -2.23. The molecule has 1 aromatic carbocycles. The maximum absolute atomic E-state index is 11.0. The maximum atomic E-state index is 11.0. The molecule has 0 radical (unpaired) electrons. The highest BCUT2D eigenvalue weighted by atomic mass is 32.3. The van der Waals surface area contributed by atoms with Crippen LogP contribution in [-0.2, 0) is 10.3 Å². The zero-order valence-corrected chi connectivity index (χ0v) is 13.4. The Morgan fingerprint density at radius 2 is 1.91 bits per heavy atom. The normalized spacial score (nSPS) is 22.8. The molecule has 4 N–H and O–H groups in total. The molecule has 7 nitrogen and oxygen atoms in total. The van der Waals surface area contributed by atoms with Gasteiger partial charge in [-0.1, -0.05) is 30.0 Å². The zero-order valence-electron chi connectivity index (χ0n) is 11.8. The van der Waals surface area contributed by atoms with E-state index in [0.717, 1.165) is 25.7 Å². The van der Waals surface area contributed by atoms with Crippen molar-refractivity contribution < 1.29 is 21.7 Å². The van der Waals surface area contributed by atoms with Crippen LogP contribution in [0.3, 0.4) is 0 Å². The third kappa shape index (κ3) is 3.13. The fraction of sp³-hybridized carbons (Fsp3) is 0.462. The average molecular weight is 346 g/mol. The van der Waals surface area contributed by atoms with Gasteiger partial charge in [0.1, 0.15) is 5.75 Å². The van der Waals surface area contributed by atoms with Crippen LogP contribution >= 0.6 is 10.8 Å². The summed E-state index contributed by atoms with van der Waals surface area (Å²) in [4.78, 5) is 0.203. The Labute approximate surface area is 130 Å². The highest BCUT2D eigenvalue weighted by molar-refractivity contribution is 8.23. The Bertz CT molecular complexity index is 724. The summed E-state index contributed by atoms with van der Waals surface area (Å²) in [5.41, 5.74) is 1.37. The molecule has 22 heavy (non-hydrogen) atoms. The molecule has 0 unspecified atom stereocenters. The van der Waals surface area contributed by atoms with Gasteiger partial charge in [-0.3, -0.25) is 9.11 Å². The van der Waals surface area contributed by atoms with E-state index in [-0.39, 0.29) is 16.6 Å². The zero-order chi connectivity index (χ0) is 16.0. The van der Waals surface area contributed by atoms with E-state index in [2.05, 4.69) is 8.58 Å². The van der Waals surface area contributed by atoms with E-state index in [9.17, 15) is 17.5 Å². The summed E-state index contributed by atoms with van der Waals surface area (Å²) >= 11 is 0. The molecule has 0 amide bonds. The second kappa shape index (κ2) is 5.50. The van der Waals surface area contributed by atoms with E-state index in [1.165, 1.54) is 18.6 Å². The summed E-state index contributed by atoms with van der Waals surface area (Å²) in [6.07, 6.45) is 5.34. The van der Waals surface area contributed by atoms with Gasteiger partial charge >= 0.3 is 10.3 Å². The Kier molecular flexibility index (Phi) is 3.94. The van der Waals surface area contributed by atoms with E-state index in [1.807, 2.05) is 0 Å². The lowest BCUT2D eigenvalue weighted by atomic mass is 9.83. The molecule has 1 aliphatic carbocycles. The molecule has 0 aromatic heterocycles. The topological polar surface area (TPSA) is 122 Å². The highest BCUT2D eigenvalue weighted by Gasteiger charge is 2.34. The van der Waals surface area contributed by atoms with Crippen molar-refractivity contribution >= 4 is 26.8 Å². The third-order valence-electron chi connectivity index (χ3n) is 3.95. The van der Waals surface area contributed by atoms with Crippen LogP contribution in [0, 0.1) is 5.92 Å². The molecule has 1 aromatic rings. The Morgan fingerprint density at radius 1 is 1.23 bits per heavy atom. The molecule has 1 fully saturated rings. The summed E-state index contributed by atoms with van der Waals surface area (Å²) in [7, 11) is -7.47. The van der Waals surface area contributed by atoms with Crippen LogP contribution in [0.1, 0.15) is 37.7 Å². The molecule has 3 rings (SSSR count). The predicted octanol–water partition coefficient (Wildman–Crippen LogP) is 2.68. The number of hydrogen-bond donors (Lipinski definition) is 3. The van der Waals surface area contributed by atoms with E-state index in [0.29, 0.717) is 11.3 Å². The Balaban J connectivity index is 1.97. The smallest absolute Gasteiger partial charge is 0.371 e. The van der Waals surface area contributed by atoms with Crippen LogP contribution in [-0.4, -0.2) is 23.2 Å². The van der Waals surface area contributed by atoms with Gasteiger partial charge in [-0.05, 0) is 25.0 Å². The van der Waals surface area contributed by atoms with Crippen molar-refractivity contribution in [3.8, 4) is 5.75 Å². The number of benzene rings is 1. The van der Waals surface area contributed by atoms with Gasteiger partial charge in [0.05, 0.1) is 10.6 Å². The summed E-state index contributed by atoms with van der Waals surface area (Å²) in [6.45, 7) is 0. The van der Waals surface area contributed by atoms with E-state index in [1.54, 1.807) is 6.07 Å². The number of nitrogens with zero attached hydrogens (tertiary/aromatic N) is 1. The minimum Gasteiger partial charge on any atom is -0.371 e. The molecular formula is C13H18N2O5S2. The Morgan fingerprint density at radius 3 is 2.55 bits per heavy atom. The second-order valence-corrected chi connectivity index (χ2v) is 8.38. The molecule has 0 spiro atoms. The molecule has 122 valence electrons. The minimum absolute atomic E-state index is 0.0543. The standard InChI is InChI=1S/C13H18N2O5S2/c14-22(18,19)20-10-6-7-11-12(8-10)21(16,17)15-13(11)9-4-2-1-3-5-9/h6-9,16-17H,1-5H2,(H2,14,18,19). The lowest BCUT2D eigenvalue weighted by molar-refractivity contribution is 0.440. The fourth-order valence-electron chi connectivity index (χ4n) is 3.03. The molecule has 9 heteroatoms. The summed E-state index contributed by atoms with van der Waals surface area (Å²) < 4.78 is 51.1. The molecular weight excluding hydrogens is 328 g/mol. The molecule has 0 atom stereocenters. The van der Waals surface area contributed by atoms with Crippen LogP contribution < -0.4 is 9.32 Å². The van der Waals surface area contributed by atoms with Crippen molar-refractivity contribution in [1.29, 1.82) is 0 Å². The van der Waals surface area contributed by atoms with Crippen molar-refractivity contribution in [2.75, 3.05) is 0 Å². The SMILES string of the molecule is NS(=O)(=O)Oc1ccc2c(c1)S(O)(O)N=C2C1CCCCC1. The van der Waals surface area contributed by atoms with Gasteiger partial charge in [0, 0.05) is 17.5 Å². The van der Waals surface area contributed by atoms with Crippen LogP contribution in [0.25, 0.3) is 0 Å². The first-order valence-electron chi connectivity index (χ1n) is 7.01. The number of rotatable bonds is 3. The largest absolute Gasteiger partial charge is 0.380 e. The number of fused-ring (bicyclic) bond motifs is 1. The van der Waals surface area contributed by atoms with Gasteiger partial charge in [0.25, 0.3) is 0 Å². The van der Waals surface area contributed by atoms with Crippen molar-refractivity contribution in [1.82, 2.24) is 0 Å². The molecule has 2 aliphatic rings. The molecule has 1 heterocycles. The highest BCUT2D eigenvalue weighted by Crippen LogP contribution is 2.58. The van der Waals surface area contributed by atoms with Crippen molar-refractivity contribution in [3.05, 3.63) is 23.8 Å². The molecule has 0 saturated heterocycles. The van der Waals surface area contributed by atoms with Gasteiger partial charge in [-0.25, -0.2) is 0 Å². The van der Waals surface area contributed by atoms with Gasteiger partial charge in [0.15, 0.2) is 0 Å². The number of nitrogens with two attached hydrogens (primary N) is 1. The first-order chi connectivity index (χ1) is 10.3. The quantitative estimate of drug-likeness (QED) is 0.776. The van der Waals surface area contributed by atoms with Crippen LogP contribution in [0.15, 0.2) is 27.5 Å². The first kappa shape index (κ1) is 15.8. The Hall–Kier alpha value is -1.13. The first-order valence-corrected chi connectivity index (χ1v) is 9.98. The average Bonchev–Trinajstić information content (AvgIpc) is 2.70. The minimum atomic E-state index is -4.16. The van der Waals surface area contributed by atoms with Gasteiger partial charge in [-0.2, -0.15) is 18.0 Å². The molecule has 1 saturated carbocycles. The van der Waals surface area contributed by atoms with Gasteiger partial charge in [0.2, 0.25) is 0 Å². The monoisotopic (exact) mass is 346 g/mol. The van der Waals surface area contributed by atoms with Crippen molar-refractivity contribution in [3.63, 3.8) is 0 Å². The molecule has 1 aliphatic heterocycles. The van der Waals surface area contributed by atoms with E-state index in [4.69, 9.17) is 5.14 Å². The molecule has 0 bridgehead atoms. The summed E-state index contributed by atoms with van der Waals surface area (Å²) in [6, 6.07) is 4.35. The van der Waals surface area contributed by atoms with E-state index < -0.39 is 21.1 Å². The second-order valence-electron chi connectivity index (χ2n) is 5.56. The van der Waals surface area contributed by atoms with Gasteiger partial charge in [-0.15, -0.1) is 0 Å². The lowest BCUT2D eigenvalue weighted by Crippen LogP contribution is -2.19. The van der Waals surface area contributed by atoms with Crippen molar-refractivity contribution in [2.24, 2.45) is 15.5 Å². The van der Waals surface area contributed by atoms with Crippen LogP contribution in [0.2, 0.25) is 0 Å². The fourth-order valence-corrected chi connectivity index (χ4v) is 4.77. The summed E-state index contributed by atoms with van der Waals surface area (Å²) in [5.74, 6) is 0.160. The van der Waals surface area contributed by atoms with Crippen LogP contribution in [0.4, 0.5) is 0 Å².